The van der Waals surface area contributed by atoms with Gasteiger partial charge < -0.3 is 31.2 Å². The van der Waals surface area contributed by atoms with E-state index in [1.165, 1.54) is 38.2 Å². The van der Waals surface area contributed by atoms with Crippen LogP contribution in [0.1, 0.15) is 24.1 Å². The zero-order chi connectivity index (χ0) is 27.3. The zero-order valence-corrected chi connectivity index (χ0v) is 21.7. The summed E-state index contributed by atoms with van der Waals surface area (Å²) < 4.78 is 12.0. The molecule has 13 heteroatoms. The van der Waals surface area contributed by atoms with Gasteiger partial charge in [-0.1, -0.05) is 18.7 Å². The highest BCUT2D eigenvalue weighted by atomic mass is 79.9. The fourth-order valence-electron chi connectivity index (χ4n) is 3.59. The monoisotopic (exact) mass is 575 g/mol. The quantitative estimate of drug-likeness (QED) is 0.238. The van der Waals surface area contributed by atoms with E-state index in [0.717, 1.165) is 0 Å². The van der Waals surface area contributed by atoms with Crippen molar-refractivity contribution < 1.29 is 28.8 Å². The van der Waals surface area contributed by atoms with Crippen molar-refractivity contribution in [2.24, 2.45) is 5.73 Å². The van der Waals surface area contributed by atoms with Crippen molar-refractivity contribution >= 4 is 39.3 Å². The Bertz CT molecular complexity index is 1250. The average molecular weight is 576 g/mol. The summed E-state index contributed by atoms with van der Waals surface area (Å²) in [5, 5.41) is 19.5. The van der Waals surface area contributed by atoms with Crippen LogP contribution in [0.15, 0.2) is 47.5 Å². The molecule has 0 saturated carbocycles. The van der Waals surface area contributed by atoms with Crippen molar-refractivity contribution in [1.82, 2.24) is 16.0 Å². The highest BCUT2D eigenvalue weighted by Crippen LogP contribution is 2.43. The van der Waals surface area contributed by atoms with E-state index in [-0.39, 0.29) is 41.5 Å². The van der Waals surface area contributed by atoms with Crippen LogP contribution >= 0.6 is 15.9 Å². The van der Waals surface area contributed by atoms with Crippen molar-refractivity contribution in [3.8, 4) is 17.2 Å². The Labute approximate surface area is 220 Å². The summed E-state index contributed by atoms with van der Waals surface area (Å²) in [6.45, 7) is 5.16. The molecule has 4 bridgehead atoms. The number of likely N-dealkylation sites (N-methyl/N-ethyl adjacent to an activating group) is 1. The van der Waals surface area contributed by atoms with Crippen molar-refractivity contribution in [3.63, 3.8) is 0 Å². The van der Waals surface area contributed by atoms with E-state index in [2.05, 4.69) is 38.5 Å². The maximum atomic E-state index is 12.9. The molecule has 5 N–H and O–H groups in total. The molecule has 0 unspecified atom stereocenters. The molecule has 2 aliphatic rings. The third-order valence-corrected chi connectivity index (χ3v) is 6.08. The molecule has 0 aromatic heterocycles. The van der Waals surface area contributed by atoms with Gasteiger partial charge in [0.05, 0.1) is 15.4 Å². The molecule has 0 fully saturated rings. The third-order valence-electron chi connectivity index (χ3n) is 5.49. The Morgan fingerprint density at radius 1 is 1.30 bits per heavy atom. The molecule has 3 atom stereocenters. The number of ether oxygens (including phenoxy) is 2. The fraction of sp³-hybridized carbons (Fsp3) is 0.292. The molecule has 12 nitrogen and oxygen atoms in total. The molecule has 37 heavy (non-hydrogen) atoms. The van der Waals surface area contributed by atoms with Crippen LogP contribution in [0.5, 0.6) is 17.2 Å². The first kappa shape index (κ1) is 27.6. The van der Waals surface area contributed by atoms with E-state index in [9.17, 15) is 24.5 Å². The van der Waals surface area contributed by atoms with Gasteiger partial charge in [-0.15, -0.1) is 0 Å². The number of amides is 3. The zero-order valence-electron chi connectivity index (χ0n) is 20.1. The second kappa shape index (κ2) is 11.8. The summed E-state index contributed by atoms with van der Waals surface area (Å²) in [7, 11) is 1.40. The van der Waals surface area contributed by atoms with Crippen molar-refractivity contribution in [3.05, 3.63) is 68.7 Å². The van der Waals surface area contributed by atoms with E-state index >= 15 is 0 Å². The van der Waals surface area contributed by atoms with Gasteiger partial charge in [-0.25, -0.2) is 0 Å². The van der Waals surface area contributed by atoms with Crippen LogP contribution < -0.4 is 31.2 Å². The normalized spacial score (nSPS) is 19.7. The molecule has 0 aliphatic carbocycles. The Morgan fingerprint density at radius 3 is 2.68 bits per heavy atom. The molecule has 0 spiro atoms. The highest BCUT2D eigenvalue weighted by Gasteiger charge is 2.29. The van der Waals surface area contributed by atoms with E-state index in [1.54, 1.807) is 12.1 Å². The lowest BCUT2D eigenvalue weighted by atomic mass is 10.0. The molecule has 0 radical (unpaired) electrons. The van der Waals surface area contributed by atoms with E-state index < -0.39 is 40.8 Å². The largest absolute Gasteiger partial charge is 0.484 e. The summed E-state index contributed by atoms with van der Waals surface area (Å²) in [5.41, 5.74) is 6.33. The number of rotatable bonds is 5. The van der Waals surface area contributed by atoms with E-state index in [4.69, 9.17) is 15.2 Å². The first-order valence-electron chi connectivity index (χ1n) is 11.2. The van der Waals surface area contributed by atoms with Crippen LogP contribution in [0.3, 0.4) is 0 Å². The number of nitro benzene ring substituents is 1. The highest BCUT2D eigenvalue weighted by molar-refractivity contribution is 9.10. The predicted molar refractivity (Wildman–Crippen MR) is 137 cm³/mol. The Balaban J connectivity index is 2.24. The lowest BCUT2D eigenvalue weighted by Crippen LogP contribution is -2.52. The van der Waals surface area contributed by atoms with Crippen LogP contribution in [-0.2, 0) is 20.8 Å². The molecule has 196 valence electrons. The molecular weight excluding hydrogens is 550 g/mol. The van der Waals surface area contributed by atoms with Crippen LogP contribution in [-0.4, -0.2) is 48.4 Å². The van der Waals surface area contributed by atoms with E-state index in [0.29, 0.717) is 10.0 Å². The lowest BCUT2D eigenvalue weighted by Gasteiger charge is -2.24. The fourth-order valence-corrected chi connectivity index (χ4v) is 4.17. The number of hydrogen-bond donors (Lipinski definition) is 4. The molecule has 3 amide bonds. The smallest absolute Gasteiger partial charge is 0.311 e. The van der Waals surface area contributed by atoms with Crippen LogP contribution in [0.2, 0.25) is 0 Å². The van der Waals surface area contributed by atoms with Gasteiger partial charge in [0.1, 0.15) is 18.7 Å². The minimum atomic E-state index is -1.21. The molecule has 0 saturated heterocycles. The van der Waals surface area contributed by atoms with Crippen molar-refractivity contribution in [1.29, 1.82) is 0 Å². The number of benzene rings is 2. The Hall–Kier alpha value is -3.97. The number of fused-ring (bicyclic) bond motifs is 9. The topological polar surface area (TPSA) is 175 Å². The Morgan fingerprint density at radius 2 is 2.03 bits per heavy atom. The molecule has 2 aromatic rings. The second-order valence-electron chi connectivity index (χ2n) is 8.19. The SMILES string of the molecule is C=CCOc1c(Br)cc2cc1Oc1ccc(cc1[N+](=O)[O-])C[C@@H](N)C(=O)N[C@@H](C)C(=O)N[C@H]2C(=O)NC. The number of nitrogens with one attached hydrogen (secondary N) is 3. The first-order valence-corrected chi connectivity index (χ1v) is 11.9. The summed E-state index contributed by atoms with van der Waals surface area (Å²) in [6, 6.07) is 3.86. The Kier molecular flexibility index (Phi) is 8.84. The number of nitro groups is 1. The molecular formula is C24H26BrN5O7. The second-order valence-corrected chi connectivity index (χ2v) is 9.04. The maximum Gasteiger partial charge on any atom is 0.311 e. The summed E-state index contributed by atoms with van der Waals surface area (Å²) in [5.74, 6) is -1.69. The molecule has 4 rings (SSSR count). The number of nitrogens with two attached hydrogens (primary N) is 1. The standard InChI is InChI=1S/C24H26BrN5O7/c1-4-7-36-21-15(25)10-14-11-19(21)37-18-6-5-13(9-17(18)30(34)35)8-16(26)23(32)28-12(2)22(31)29-20(14)24(33)27-3/h4-6,9-12,16,20H,1,7-8,26H2,2-3H3,(H,27,33)(H,28,32)(H,29,31)/t12-,16+,20+/m0/s1. The first-order chi connectivity index (χ1) is 17.5. The van der Waals surface area contributed by atoms with Gasteiger partial charge in [-0.2, -0.15) is 0 Å². The van der Waals surface area contributed by atoms with Crippen LogP contribution in [0.25, 0.3) is 0 Å². The minimum absolute atomic E-state index is 0.0309. The summed E-state index contributed by atoms with van der Waals surface area (Å²) in [6.07, 6.45) is 1.48. The lowest BCUT2D eigenvalue weighted by molar-refractivity contribution is -0.385. The minimum Gasteiger partial charge on any atom is -0.484 e. The van der Waals surface area contributed by atoms with Gasteiger partial charge in [0.2, 0.25) is 23.5 Å². The number of carbonyl (C=O) groups excluding carboxylic acids is 3. The van der Waals surface area contributed by atoms with Crippen LogP contribution in [0, 0.1) is 10.1 Å². The summed E-state index contributed by atoms with van der Waals surface area (Å²) >= 11 is 3.40. The number of hydrogen-bond acceptors (Lipinski definition) is 8. The van der Waals surface area contributed by atoms with Crippen molar-refractivity contribution in [2.75, 3.05) is 13.7 Å². The van der Waals surface area contributed by atoms with Crippen molar-refractivity contribution in [2.45, 2.75) is 31.5 Å². The molecule has 2 aromatic carbocycles. The van der Waals surface area contributed by atoms with Gasteiger partial charge in [0, 0.05) is 13.1 Å². The van der Waals surface area contributed by atoms with Gasteiger partial charge in [0.15, 0.2) is 11.5 Å². The van der Waals surface area contributed by atoms with E-state index in [1.807, 2.05) is 0 Å². The predicted octanol–water partition coefficient (Wildman–Crippen LogP) is 2.01. The number of nitrogens with zero attached hydrogens (tertiary/aromatic N) is 1. The van der Waals surface area contributed by atoms with Crippen LogP contribution in [0.4, 0.5) is 5.69 Å². The van der Waals surface area contributed by atoms with Gasteiger partial charge in [0.25, 0.3) is 0 Å². The van der Waals surface area contributed by atoms with Gasteiger partial charge in [-0.3, -0.25) is 24.5 Å². The third kappa shape index (κ3) is 6.43. The molecule has 2 aliphatic heterocycles. The number of halogens is 1. The molecule has 2 heterocycles. The van der Waals surface area contributed by atoms with Gasteiger partial charge in [-0.05, 0) is 58.6 Å². The maximum absolute atomic E-state index is 12.9. The average Bonchev–Trinajstić information content (AvgIpc) is 2.86. The van der Waals surface area contributed by atoms with Gasteiger partial charge >= 0.3 is 5.69 Å². The summed E-state index contributed by atoms with van der Waals surface area (Å²) in [4.78, 5) is 49.5. The number of carbonyl (C=O) groups is 3.